The van der Waals surface area contributed by atoms with Crippen LogP contribution in [0.15, 0.2) is 12.3 Å². The Hall–Kier alpha value is -1.63. The molecule has 0 saturated heterocycles. The van der Waals surface area contributed by atoms with E-state index in [-0.39, 0.29) is 6.54 Å². The van der Waals surface area contributed by atoms with Crippen molar-refractivity contribution in [2.45, 2.75) is 19.6 Å². The highest BCUT2D eigenvalue weighted by molar-refractivity contribution is 5.70. The molecule has 0 aromatic carbocycles. The fourth-order valence-electron chi connectivity index (χ4n) is 1.46. The summed E-state index contributed by atoms with van der Waals surface area (Å²) in [5.74, 6) is 0.447. The van der Waals surface area contributed by atoms with Gasteiger partial charge in [-0.3, -0.25) is 0 Å². The predicted octanol–water partition coefficient (Wildman–Crippen LogP) is 1.92. The van der Waals surface area contributed by atoms with Gasteiger partial charge in [0.05, 0.1) is 18.6 Å². The molecule has 92 valence electrons. The molecule has 2 N–H and O–H groups in total. The Morgan fingerprint density at radius 2 is 2.18 bits per heavy atom. The van der Waals surface area contributed by atoms with Crippen LogP contribution >= 0.6 is 0 Å². The van der Waals surface area contributed by atoms with Gasteiger partial charge in [0.25, 0.3) is 0 Å². The van der Waals surface area contributed by atoms with Crippen LogP contribution in [0.1, 0.15) is 11.4 Å². The lowest BCUT2D eigenvalue weighted by molar-refractivity contribution is -0.125. The average Bonchev–Trinajstić information content (AvgIpc) is 2.57. The number of rotatable bonds is 3. The minimum absolute atomic E-state index is 0.0366. The van der Waals surface area contributed by atoms with Crippen molar-refractivity contribution < 1.29 is 13.2 Å². The van der Waals surface area contributed by atoms with Crippen molar-refractivity contribution in [2.75, 3.05) is 6.54 Å². The maximum Gasteiger partial charge on any atom is 0.401 e. The molecule has 0 bridgehead atoms. The van der Waals surface area contributed by atoms with Crippen LogP contribution in [-0.4, -0.2) is 27.7 Å². The van der Waals surface area contributed by atoms with Gasteiger partial charge in [-0.25, -0.2) is 9.97 Å². The second kappa shape index (κ2) is 4.33. The third-order valence-corrected chi connectivity index (χ3v) is 2.14. The van der Waals surface area contributed by atoms with Crippen molar-refractivity contribution in [1.82, 2.24) is 20.3 Å². The van der Waals surface area contributed by atoms with Crippen molar-refractivity contribution in [2.24, 2.45) is 0 Å². The maximum atomic E-state index is 11.9. The number of nitrogens with one attached hydrogen (secondary N) is 2. The van der Waals surface area contributed by atoms with Crippen molar-refractivity contribution in [3.8, 4) is 0 Å². The summed E-state index contributed by atoms with van der Waals surface area (Å²) in [5, 5.41) is 2.27. The van der Waals surface area contributed by atoms with E-state index in [9.17, 15) is 13.2 Å². The molecule has 0 spiro atoms. The molecule has 0 atom stereocenters. The van der Waals surface area contributed by atoms with E-state index in [1.54, 1.807) is 6.20 Å². The number of nitrogens with zero attached hydrogens (tertiary/aromatic N) is 2. The standard InChI is InChI=1S/C10H11F3N4/c1-6-2-7-9(15-3-6)17-8(16-7)4-14-5-10(11,12)13/h2-3,14H,4-5H2,1H3,(H,15,16,17). The topological polar surface area (TPSA) is 53.6 Å². The Morgan fingerprint density at radius 3 is 2.88 bits per heavy atom. The van der Waals surface area contributed by atoms with Gasteiger partial charge in [0.1, 0.15) is 5.82 Å². The van der Waals surface area contributed by atoms with E-state index in [4.69, 9.17) is 0 Å². The molecule has 0 aliphatic rings. The van der Waals surface area contributed by atoms with Gasteiger partial charge in [0, 0.05) is 6.20 Å². The zero-order valence-electron chi connectivity index (χ0n) is 9.10. The van der Waals surface area contributed by atoms with Gasteiger partial charge >= 0.3 is 6.18 Å². The van der Waals surface area contributed by atoms with Gasteiger partial charge in [-0.1, -0.05) is 0 Å². The summed E-state index contributed by atoms with van der Waals surface area (Å²) in [6.45, 7) is 0.889. The zero-order valence-corrected chi connectivity index (χ0v) is 9.10. The molecular formula is C10H11F3N4. The number of aryl methyl sites for hydroxylation is 1. The van der Waals surface area contributed by atoms with E-state index in [1.807, 2.05) is 13.0 Å². The molecule has 2 aromatic rings. The van der Waals surface area contributed by atoms with Gasteiger partial charge in [-0.05, 0) is 18.6 Å². The van der Waals surface area contributed by atoms with Gasteiger partial charge in [0.15, 0.2) is 5.65 Å². The Labute approximate surface area is 95.3 Å². The Morgan fingerprint density at radius 1 is 1.41 bits per heavy atom. The summed E-state index contributed by atoms with van der Waals surface area (Å²) >= 11 is 0. The highest BCUT2D eigenvalue weighted by Gasteiger charge is 2.26. The third kappa shape index (κ3) is 3.16. The lowest BCUT2D eigenvalue weighted by Crippen LogP contribution is -2.28. The summed E-state index contributed by atoms with van der Waals surface area (Å²) in [5.41, 5.74) is 2.21. The molecule has 0 aliphatic carbocycles. The summed E-state index contributed by atoms with van der Waals surface area (Å²) < 4.78 is 35.7. The summed E-state index contributed by atoms with van der Waals surface area (Å²) in [6, 6.07) is 1.85. The first-order valence-electron chi connectivity index (χ1n) is 5.03. The first-order valence-corrected chi connectivity index (χ1v) is 5.03. The van der Waals surface area contributed by atoms with Gasteiger partial charge < -0.3 is 10.3 Å². The molecule has 2 rings (SSSR count). The Bertz CT molecular complexity index is 518. The quantitative estimate of drug-likeness (QED) is 0.867. The number of pyridine rings is 1. The number of hydrogen-bond donors (Lipinski definition) is 2. The molecule has 7 heteroatoms. The summed E-state index contributed by atoms with van der Waals surface area (Å²) in [6.07, 6.45) is -2.54. The van der Waals surface area contributed by atoms with Crippen molar-refractivity contribution >= 4 is 11.2 Å². The summed E-state index contributed by atoms with van der Waals surface area (Å²) in [7, 11) is 0. The highest BCUT2D eigenvalue weighted by Crippen LogP contribution is 2.13. The molecule has 0 saturated carbocycles. The molecular weight excluding hydrogens is 233 g/mol. The Kier molecular flexibility index (Phi) is 3.01. The lowest BCUT2D eigenvalue weighted by Gasteiger charge is -2.05. The summed E-state index contributed by atoms with van der Waals surface area (Å²) in [4.78, 5) is 11.1. The fraction of sp³-hybridized carbons (Fsp3) is 0.400. The highest BCUT2D eigenvalue weighted by atomic mass is 19.4. The fourth-order valence-corrected chi connectivity index (χ4v) is 1.46. The smallest absolute Gasteiger partial charge is 0.340 e. The molecule has 0 amide bonds. The molecule has 2 aromatic heterocycles. The number of H-pyrrole nitrogens is 1. The van der Waals surface area contributed by atoms with Crippen LogP contribution in [0.25, 0.3) is 11.2 Å². The second-order valence-electron chi connectivity index (χ2n) is 3.79. The minimum atomic E-state index is -4.21. The molecule has 0 radical (unpaired) electrons. The van der Waals surface area contributed by atoms with Crippen molar-refractivity contribution in [1.29, 1.82) is 0 Å². The first kappa shape index (κ1) is 11.8. The molecule has 0 aliphatic heterocycles. The SMILES string of the molecule is Cc1cnc2nc(CNCC(F)(F)F)[nH]c2c1. The van der Waals surface area contributed by atoms with E-state index < -0.39 is 12.7 Å². The van der Waals surface area contributed by atoms with Crippen LogP contribution in [0.4, 0.5) is 13.2 Å². The van der Waals surface area contributed by atoms with Crippen LogP contribution in [0.2, 0.25) is 0 Å². The monoisotopic (exact) mass is 244 g/mol. The predicted molar refractivity (Wildman–Crippen MR) is 56.4 cm³/mol. The molecule has 0 unspecified atom stereocenters. The van der Waals surface area contributed by atoms with E-state index >= 15 is 0 Å². The number of hydrogen-bond acceptors (Lipinski definition) is 3. The van der Waals surface area contributed by atoms with Gasteiger partial charge in [-0.15, -0.1) is 0 Å². The van der Waals surface area contributed by atoms with E-state index in [0.29, 0.717) is 11.5 Å². The van der Waals surface area contributed by atoms with Crippen LogP contribution < -0.4 is 5.32 Å². The van der Waals surface area contributed by atoms with Crippen LogP contribution in [0.3, 0.4) is 0 Å². The number of fused-ring (bicyclic) bond motifs is 1. The number of imidazole rings is 1. The normalized spacial score (nSPS) is 12.2. The number of aromatic amines is 1. The maximum absolute atomic E-state index is 11.9. The third-order valence-electron chi connectivity index (χ3n) is 2.14. The van der Waals surface area contributed by atoms with Crippen LogP contribution in [0, 0.1) is 6.92 Å². The van der Waals surface area contributed by atoms with Gasteiger partial charge in [-0.2, -0.15) is 13.2 Å². The van der Waals surface area contributed by atoms with E-state index in [1.165, 1.54) is 0 Å². The zero-order chi connectivity index (χ0) is 12.5. The Balaban J connectivity index is 2.05. The second-order valence-corrected chi connectivity index (χ2v) is 3.79. The first-order chi connectivity index (χ1) is 7.94. The lowest BCUT2D eigenvalue weighted by atomic mass is 10.3. The molecule has 4 nitrogen and oxygen atoms in total. The minimum Gasteiger partial charge on any atom is -0.340 e. The molecule has 2 heterocycles. The average molecular weight is 244 g/mol. The number of alkyl halides is 3. The number of halogens is 3. The largest absolute Gasteiger partial charge is 0.401 e. The van der Waals surface area contributed by atoms with Crippen LogP contribution in [-0.2, 0) is 6.54 Å². The molecule has 0 fully saturated rings. The number of aromatic nitrogens is 3. The van der Waals surface area contributed by atoms with Crippen molar-refractivity contribution in [3.63, 3.8) is 0 Å². The van der Waals surface area contributed by atoms with E-state index in [0.717, 1.165) is 11.1 Å². The van der Waals surface area contributed by atoms with E-state index in [2.05, 4.69) is 20.3 Å². The molecule has 17 heavy (non-hydrogen) atoms. The van der Waals surface area contributed by atoms with Crippen LogP contribution in [0.5, 0.6) is 0 Å². The van der Waals surface area contributed by atoms with Crippen molar-refractivity contribution in [3.05, 3.63) is 23.7 Å². The van der Waals surface area contributed by atoms with Gasteiger partial charge in [0.2, 0.25) is 0 Å².